The summed E-state index contributed by atoms with van der Waals surface area (Å²) in [5, 5.41) is 45.7. The van der Waals surface area contributed by atoms with Crippen molar-refractivity contribution in [3.8, 4) is 0 Å². The van der Waals surface area contributed by atoms with Crippen LogP contribution in [-0.2, 0) is 19.1 Å². The molecule has 4 N–H and O–H groups in total. The van der Waals surface area contributed by atoms with Gasteiger partial charge in [0.05, 0.1) is 24.4 Å². The Morgan fingerprint density at radius 3 is 2.03 bits per heavy atom. The minimum Gasteiger partial charge on any atom is -0.459 e. The maximum atomic E-state index is 12.1. The second-order valence-corrected chi connectivity index (χ2v) is 11.4. The highest BCUT2D eigenvalue weighted by Crippen LogP contribution is 2.72. The van der Waals surface area contributed by atoms with E-state index in [2.05, 4.69) is 6.58 Å². The van der Waals surface area contributed by atoms with Crippen molar-refractivity contribution in [1.82, 2.24) is 0 Å². The third-order valence-corrected chi connectivity index (χ3v) is 9.20. The van der Waals surface area contributed by atoms with Gasteiger partial charge in [-0.3, -0.25) is 9.59 Å². The second-order valence-electron chi connectivity index (χ2n) is 11.4. The van der Waals surface area contributed by atoms with Gasteiger partial charge in [-0.05, 0) is 36.2 Å². The van der Waals surface area contributed by atoms with Crippen LogP contribution in [0, 0.1) is 34.0 Å². The Morgan fingerprint density at radius 1 is 0.906 bits per heavy atom. The smallest absolute Gasteiger partial charge is 0.303 e. The molecule has 0 aromatic carbocycles. The lowest BCUT2D eigenvalue weighted by molar-refractivity contribution is -0.313. The molecular formula is C24H36O8. The Balaban J connectivity index is 1.92. The van der Waals surface area contributed by atoms with E-state index in [-0.39, 0.29) is 12.3 Å². The number of aliphatic hydroxyl groups excluding tert-OH is 4. The van der Waals surface area contributed by atoms with Crippen LogP contribution in [0.1, 0.15) is 53.9 Å². The summed E-state index contributed by atoms with van der Waals surface area (Å²) in [6, 6.07) is 0. The van der Waals surface area contributed by atoms with Gasteiger partial charge in [0.15, 0.2) is 0 Å². The molecule has 0 aromatic rings. The van der Waals surface area contributed by atoms with Crippen molar-refractivity contribution in [1.29, 1.82) is 0 Å². The molecule has 0 aromatic heterocycles. The summed E-state index contributed by atoms with van der Waals surface area (Å²) in [6.45, 7) is 12.2. The summed E-state index contributed by atoms with van der Waals surface area (Å²) < 4.78 is 11.2. The highest BCUT2D eigenvalue weighted by Gasteiger charge is 2.77. The molecule has 0 heterocycles. The molecule has 4 saturated carbocycles. The highest BCUT2D eigenvalue weighted by molar-refractivity contribution is 5.67. The van der Waals surface area contributed by atoms with Gasteiger partial charge >= 0.3 is 11.9 Å². The predicted molar refractivity (Wildman–Crippen MR) is 113 cm³/mol. The van der Waals surface area contributed by atoms with Gasteiger partial charge in [-0.25, -0.2) is 0 Å². The van der Waals surface area contributed by atoms with E-state index in [0.29, 0.717) is 18.4 Å². The van der Waals surface area contributed by atoms with Crippen LogP contribution in [0.2, 0.25) is 0 Å². The summed E-state index contributed by atoms with van der Waals surface area (Å²) in [5.41, 5.74) is -2.26. The summed E-state index contributed by atoms with van der Waals surface area (Å²) in [7, 11) is 0. The van der Waals surface area contributed by atoms with E-state index < -0.39 is 76.6 Å². The lowest BCUT2D eigenvalue weighted by Gasteiger charge is -2.69. The number of aliphatic hydroxyl groups is 4. The van der Waals surface area contributed by atoms with Crippen LogP contribution in [0.5, 0.6) is 0 Å². The highest BCUT2D eigenvalue weighted by atomic mass is 16.6. The molecule has 4 aliphatic rings. The Bertz CT molecular complexity index is 838. The molecule has 0 radical (unpaired) electrons. The first kappa shape index (κ1) is 23.7. The van der Waals surface area contributed by atoms with Crippen LogP contribution < -0.4 is 0 Å². The molecule has 4 fully saturated rings. The van der Waals surface area contributed by atoms with Crippen molar-refractivity contribution in [2.75, 3.05) is 0 Å². The summed E-state index contributed by atoms with van der Waals surface area (Å²) >= 11 is 0. The normalized spacial score (nSPS) is 51.4. The molecule has 0 aliphatic heterocycles. The number of fused-ring (bicyclic) bond motifs is 3. The molecule has 0 amide bonds. The number of esters is 2. The standard InChI is InChI=1S/C24H36O8/c1-10-13-7-14(27)17-23(6)9-15(28)20(31-11(2)25)22(4,5)18(23)16(29)21(32-12(3)26)24(17,8-13)19(10)30/h13-21,27-30H,1,7-9H2,2-6H3/t13-,14+,15+,16-,17+,18-,19-,20+,21+,23+,24+/m1/s1. The molecule has 8 heteroatoms. The fourth-order valence-electron chi connectivity index (χ4n) is 8.68. The molecule has 32 heavy (non-hydrogen) atoms. The Hall–Kier alpha value is -1.48. The number of hydrogen-bond acceptors (Lipinski definition) is 8. The minimum atomic E-state index is -1.20. The fraction of sp³-hybridized carbons (Fsp3) is 0.833. The van der Waals surface area contributed by atoms with E-state index in [4.69, 9.17) is 9.47 Å². The number of ether oxygens (including phenoxy) is 2. The van der Waals surface area contributed by atoms with Crippen molar-refractivity contribution in [2.45, 2.75) is 90.5 Å². The molecule has 4 rings (SSSR count). The molecule has 4 aliphatic carbocycles. The van der Waals surface area contributed by atoms with Crippen molar-refractivity contribution >= 4 is 11.9 Å². The Kier molecular flexibility index (Phi) is 5.37. The Labute approximate surface area is 188 Å². The summed E-state index contributed by atoms with van der Waals surface area (Å²) in [6.07, 6.45) is -5.04. The van der Waals surface area contributed by atoms with Gasteiger partial charge in [-0.1, -0.05) is 27.4 Å². The van der Waals surface area contributed by atoms with Crippen LogP contribution >= 0.6 is 0 Å². The predicted octanol–water partition coefficient (Wildman–Crippen LogP) is 0.942. The van der Waals surface area contributed by atoms with E-state index in [1.807, 2.05) is 20.8 Å². The van der Waals surface area contributed by atoms with Crippen molar-refractivity contribution in [2.24, 2.45) is 34.0 Å². The van der Waals surface area contributed by atoms with Crippen LogP contribution in [0.4, 0.5) is 0 Å². The first-order valence-electron chi connectivity index (χ1n) is 11.4. The fourth-order valence-corrected chi connectivity index (χ4v) is 8.68. The van der Waals surface area contributed by atoms with Gasteiger partial charge in [-0.15, -0.1) is 0 Å². The van der Waals surface area contributed by atoms with Crippen LogP contribution in [-0.4, -0.2) is 69.0 Å². The molecule has 8 nitrogen and oxygen atoms in total. The number of rotatable bonds is 2. The van der Waals surface area contributed by atoms with Gasteiger partial charge in [0.1, 0.15) is 12.2 Å². The van der Waals surface area contributed by atoms with E-state index >= 15 is 0 Å². The molecule has 2 bridgehead atoms. The van der Waals surface area contributed by atoms with E-state index in [0.717, 1.165) is 0 Å². The molecule has 1 spiro atoms. The number of carbonyl (C=O) groups excluding carboxylic acids is 2. The molecule has 0 unspecified atom stereocenters. The molecular weight excluding hydrogens is 416 g/mol. The van der Waals surface area contributed by atoms with E-state index in [1.54, 1.807) is 0 Å². The van der Waals surface area contributed by atoms with Gasteiger partial charge in [-0.2, -0.15) is 0 Å². The van der Waals surface area contributed by atoms with Gasteiger partial charge < -0.3 is 29.9 Å². The number of carbonyl (C=O) groups is 2. The van der Waals surface area contributed by atoms with Crippen molar-refractivity contribution in [3.05, 3.63) is 12.2 Å². The largest absolute Gasteiger partial charge is 0.459 e. The molecule has 11 atom stereocenters. The Morgan fingerprint density at radius 2 is 1.47 bits per heavy atom. The third kappa shape index (κ3) is 2.89. The van der Waals surface area contributed by atoms with Gasteiger partial charge in [0.25, 0.3) is 0 Å². The lowest BCUT2D eigenvalue weighted by atomic mass is 9.38. The van der Waals surface area contributed by atoms with E-state index in [1.165, 1.54) is 13.8 Å². The quantitative estimate of drug-likeness (QED) is 0.359. The topological polar surface area (TPSA) is 134 Å². The van der Waals surface area contributed by atoms with Gasteiger partial charge in [0.2, 0.25) is 0 Å². The maximum absolute atomic E-state index is 12.1. The van der Waals surface area contributed by atoms with Crippen LogP contribution in [0.3, 0.4) is 0 Å². The average Bonchev–Trinajstić information content (AvgIpc) is 2.83. The number of hydrogen-bond donors (Lipinski definition) is 4. The van der Waals surface area contributed by atoms with E-state index in [9.17, 15) is 30.0 Å². The first-order chi connectivity index (χ1) is 14.7. The third-order valence-electron chi connectivity index (χ3n) is 9.20. The average molecular weight is 453 g/mol. The minimum absolute atomic E-state index is 0.142. The monoisotopic (exact) mass is 452 g/mol. The zero-order valence-electron chi connectivity index (χ0n) is 19.4. The second kappa shape index (κ2) is 7.26. The summed E-state index contributed by atoms with van der Waals surface area (Å²) in [4.78, 5) is 23.9. The first-order valence-corrected chi connectivity index (χ1v) is 11.4. The van der Waals surface area contributed by atoms with Crippen LogP contribution in [0.15, 0.2) is 12.2 Å². The lowest BCUT2D eigenvalue weighted by Crippen LogP contribution is -2.75. The molecule has 0 saturated heterocycles. The van der Waals surface area contributed by atoms with Crippen molar-refractivity contribution < 1.29 is 39.5 Å². The SMILES string of the molecule is C=C1[C@@H]2C[C@H](O)[C@H]3[C@]4(C)C[C@H](O)[C@H](OC(C)=O)C(C)(C)[C@H]4[C@@H](O)[C@H](OC(C)=O)[C@]3(C2)[C@@H]1O. The van der Waals surface area contributed by atoms with Crippen LogP contribution in [0.25, 0.3) is 0 Å². The maximum Gasteiger partial charge on any atom is 0.303 e. The zero-order valence-corrected chi connectivity index (χ0v) is 19.4. The van der Waals surface area contributed by atoms with Gasteiger partial charge in [0, 0.05) is 36.5 Å². The molecule has 180 valence electrons. The summed E-state index contributed by atoms with van der Waals surface area (Å²) in [5.74, 6) is -2.41. The zero-order chi connectivity index (χ0) is 24.0. The van der Waals surface area contributed by atoms with Crippen molar-refractivity contribution in [3.63, 3.8) is 0 Å².